The molecule has 2 aromatic rings. The molecule has 2 bridgehead atoms. The van der Waals surface area contributed by atoms with E-state index in [0.717, 1.165) is 23.6 Å². The van der Waals surface area contributed by atoms with Gasteiger partial charge in [0.05, 0.1) is 35.8 Å². The first-order valence-electron chi connectivity index (χ1n) is 13.3. The predicted octanol–water partition coefficient (Wildman–Crippen LogP) is 4.23. The number of fused-ring (bicyclic) bond motifs is 2. The monoisotopic (exact) mass is 524 g/mol. The number of carbonyl (C=O) groups excluding carboxylic acids is 3. The number of amides is 2. The average molecular weight is 525 g/mol. The highest BCUT2D eigenvalue weighted by atomic mass is 32.2. The smallest absolute Gasteiger partial charge is 0.311 e. The summed E-state index contributed by atoms with van der Waals surface area (Å²) in [5, 5.41) is 15.6. The molecule has 8 heteroatoms. The van der Waals surface area contributed by atoms with E-state index in [1.54, 1.807) is 23.6 Å². The van der Waals surface area contributed by atoms with Crippen molar-refractivity contribution in [1.82, 2.24) is 4.90 Å². The van der Waals surface area contributed by atoms with Crippen LogP contribution in [0, 0.1) is 17.8 Å². The number of anilines is 1. The van der Waals surface area contributed by atoms with Crippen LogP contribution in [0.5, 0.6) is 0 Å². The van der Waals surface area contributed by atoms with E-state index in [-0.39, 0.29) is 36.9 Å². The van der Waals surface area contributed by atoms with Gasteiger partial charge in [-0.05, 0) is 55.5 Å². The number of benzene rings is 2. The average Bonchev–Trinajstić information content (AvgIpc) is 3.45. The zero-order valence-corrected chi connectivity index (χ0v) is 22.7. The van der Waals surface area contributed by atoms with E-state index in [0.29, 0.717) is 12.1 Å². The number of hydrogen-bond donors (Lipinski definition) is 2. The first-order valence-corrected chi connectivity index (χ1v) is 14.1. The molecule has 1 spiro atoms. The molecular weight excluding hydrogens is 488 g/mol. The highest BCUT2D eigenvalue weighted by molar-refractivity contribution is 8.02. The molecule has 5 rings (SSSR count). The Balaban J connectivity index is 1.57. The van der Waals surface area contributed by atoms with Gasteiger partial charge >= 0.3 is 5.97 Å². The first-order chi connectivity index (χ1) is 17.7. The molecule has 0 aliphatic carbocycles. The number of thioether (sulfide) groups is 1. The lowest BCUT2D eigenvalue weighted by atomic mass is 9.66. The molecule has 2 N–H and O–H groups in total. The second-order valence-corrected chi connectivity index (χ2v) is 12.8. The molecule has 198 valence electrons. The highest BCUT2D eigenvalue weighted by Crippen LogP contribution is 2.71. The van der Waals surface area contributed by atoms with Crippen molar-refractivity contribution in [3.63, 3.8) is 0 Å². The second-order valence-electron chi connectivity index (χ2n) is 10.9. The van der Waals surface area contributed by atoms with Crippen molar-refractivity contribution < 1.29 is 24.2 Å². The zero-order chi connectivity index (χ0) is 26.5. The van der Waals surface area contributed by atoms with Gasteiger partial charge in [-0.15, -0.1) is 11.8 Å². The molecule has 3 fully saturated rings. The lowest BCUT2D eigenvalue weighted by molar-refractivity contribution is -0.155. The minimum atomic E-state index is -0.797. The number of aliphatic hydroxyl groups is 1. The summed E-state index contributed by atoms with van der Waals surface area (Å²) in [5.74, 6) is -2.13. The van der Waals surface area contributed by atoms with Crippen LogP contribution in [0.1, 0.15) is 47.0 Å². The van der Waals surface area contributed by atoms with Crippen LogP contribution >= 0.6 is 11.8 Å². The summed E-state index contributed by atoms with van der Waals surface area (Å²) in [6.07, 6.45) is 2.13. The van der Waals surface area contributed by atoms with Crippen LogP contribution in [-0.4, -0.2) is 62.6 Å². The van der Waals surface area contributed by atoms with Crippen LogP contribution in [0.3, 0.4) is 0 Å². The maximum Gasteiger partial charge on any atom is 0.311 e. The lowest BCUT2D eigenvalue weighted by Gasteiger charge is -2.39. The molecule has 7 atom stereocenters. The molecule has 3 aliphatic rings. The van der Waals surface area contributed by atoms with Crippen LogP contribution in [0.25, 0.3) is 10.8 Å². The van der Waals surface area contributed by atoms with Crippen molar-refractivity contribution in [1.29, 1.82) is 0 Å². The van der Waals surface area contributed by atoms with Crippen molar-refractivity contribution in [2.75, 3.05) is 18.5 Å². The maximum absolute atomic E-state index is 14.2. The van der Waals surface area contributed by atoms with Crippen molar-refractivity contribution >= 4 is 46.0 Å². The predicted molar refractivity (Wildman–Crippen MR) is 145 cm³/mol. The van der Waals surface area contributed by atoms with Gasteiger partial charge in [0.15, 0.2) is 0 Å². The number of nitrogens with one attached hydrogen (secondary N) is 1. The van der Waals surface area contributed by atoms with Crippen molar-refractivity contribution in [3.05, 3.63) is 42.5 Å². The number of likely N-dealkylation sites (tertiary alicyclic amines) is 1. The fraction of sp³-hybridized carbons (Fsp3) is 0.552. The van der Waals surface area contributed by atoms with Crippen molar-refractivity contribution in [2.24, 2.45) is 17.8 Å². The van der Waals surface area contributed by atoms with Crippen LogP contribution in [0.15, 0.2) is 42.5 Å². The molecule has 7 nitrogen and oxygen atoms in total. The summed E-state index contributed by atoms with van der Waals surface area (Å²) in [6.45, 7) is 7.80. The minimum absolute atomic E-state index is 0.0148. The zero-order valence-electron chi connectivity index (χ0n) is 21.9. The Bertz CT molecular complexity index is 1240. The SMILES string of the molecule is CCOC(=O)[C@@H]1[C@H]2C(=O)N([C@@H](CO)[C@@H](C)CC)C(C(=O)Nc3ccc4ccccc4c3)C23CC[C@@]1(C)S3. The quantitative estimate of drug-likeness (QED) is 0.502. The summed E-state index contributed by atoms with van der Waals surface area (Å²) in [6, 6.07) is 12.4. The molecule has 0 aromatic heterocycles. The van der Waals surface area contributed by atoms with Crippen LogP contribution in [-0.2, 0) is 19.1 Å². The van der Waals surface area contributed by atoms with Crippen LogP contribution in [0.4, 0.5) is 5.69 Å². The molecular formula is C29H36N2O5S. The summed E-state index contributed by atoms with van der Waals surface area (Å²) in [5.41, 5.74) is 0.658. The number of ether oxygens (including phenoxy) is 1. The third kappa shape index (κ3) is 3.95. The van der Waals surface area contributed by atoms with Gasteiger partial charge in [-0.3, -0.25) is 14.4 Å². The Morgan fingerprint density at radius 2 is 1.92 bits per heavy atom. The van der Waals surface area contributed by atoms with E-state index in [1.807, 2.05) is 63.2 Å². The Hall–Kier alpha value is -2.58. The number of rotatable bonds is 8. The van der Waals surface area contributed by atoms with Gasteiger partial charge in [0, 0.05) is 10.4 Å². The van der Waals surface area contributed by atoms with E-state index in [4.69, 9.17) is 4.74 Å². The molecule has 3 aliphatic heterocycles. The molecule has 37 heavy (non-hydrogen) atoms. The van der Waals surface area contributed by atoms with Crippen LogP contribution in [0.2, 0.25) is 0 Å². The summed E-state index contributed by atoms with van der Waals surface area (Å²) < 4.78 is 4.23. The fourth-order valence-electron chi connectivity index (χ4n) is 6.90. The summed E-state index contributed by atoms with van der Waals surface area (Å²) in [4.78, 5) is 43.2. The van der Waals surface area contributed by atoms with Gasteiger partial charge in [-0.25, -0.2) is 0 Å². The van der Waals surface area contributed by atoms with Gasteiger partial charge in [-0.1, -0.05) is 50.6 Å². The molecule has 0 saturated carbocycles. The number of esters is 1. The second kappa shape index (κ2) is 9.62. The largest absolute Gasteiger partial charge is 0.466 e. The van der Waals surface area contributed by atoms with Crippen molar-refractivity contribution in [2.45, 2.75) is 68.5 Å². The van der Waals surface area contributed by atoms with Gasteiger partial charge in [0.1, 0.15) is 6.04 Å². The molecule has 0 radical (unpaired) electrons. The number of carbonyl (C=O) groups is 3. The van der Waals surface area contributed by atoms with E-state index in [2.05, 4.69) is 5.32 Å². The fourth-order valence-corrected chi connectivity index (χ4v) is 9.23. The van der Waals surface area contributed by atoms with Gasteiger partial charge in [-0.2, -0.15) is 0 Å². The normalized spacial score (nSPS) is 31.9. The van der Waals surface area contributed by atoms with E-state index < -0.39 is 33.4 Å². The number of nitrogens with zero attached hydrogens (tertiary/aromatic N) is 1. The number of hydrogen-bond acceptors (Lipinski definition) is 6. The summed E-state index contributed by atoms with van der Waals surface area (Å²) >= 11 is 1.61. The standard InChI is InChI=1S/C29H36N2O5S/c1-5-17(3)21(16-32)31-24(25(33)30-20-12-11-18-9-7-8-10-19(18)15-20)29-14-13-28(4,37-29)23(22(29)26(31)34)27(35)36-6-2/h7-12,15,17,21-24,32H,5-6,13-14,16H2,1-4H3,(H,30,33)/t17-,21-,22-,23-,24?,28+,29?/m0/s1. The third-order valence-electron chi connectivity index (χ3n) is 8.87. The molecule has 2 aromatic carbocycles. The van der Waals surface area contributed by atoms with Crippen molar-refractivity contribution in [3.8, 4) is 0 Å². The Morgan fingerprint density at radius 3 is 2.59 bits per heavy atom. The third-order valence-corrected chi connectivity index (χ3v) is 10.9. The first kappa shape index (κ1) is 26.0. The topological polar surface area (TPSA) is 95.9 Å². The Morgan fingerprint density at radius 1 is 1.19 bits per heavy atom. The van der Waals surface area contributed by atoms with Gasteiger partial charge in [0.2, 0.25) is 11.8 Å². The highest BCUT2D eigenvalue weighted by Gasteiger charge is 2.78. The Kier molecular flexibility index (Phi) is 6.77. The van der Waals surface area contributed by atoms with Gasteiger partial charge in [0.25, 0.3) is 0 Å². The molecule has 2 unspecified atom stereocenters. The van der Waals surface area contributed by atoms with Crippen LogP contribution < -0.4 is 5.32 Å². The van der Waals surface area contributed by atoms with E-state index in [1.165, 1.54) is 0 Å². The molecule has 3 heterocycles. The lowest BCUT2D eigenvalue weighted by Crippen LogP contribution is -2.56. The number of aliphatic hydroxyl groups excluding tert-OH is 1. The molecule has 3 saturated heterocycles. The van der Waals surface area contributed by atoms with E-state index >= 15 is 0 Å². The minimum Gasteiger partial charge on any atom is -0.466 e. The van der Waals surface area contributed by atoms with Gasteiger partial charge < -0.3 is 20.1 Å². The molecule has 2 amide bonds. The maximum atomic E-state index is 14.2. The Labute approximate surface area is 222 Å². The van der Waals surface area contributed by atoms with E-state index in [9.17, 15) is 19.5 Å². The summed E-state index contributed by atoms with van der Waals surface area (Å²) in [7, 11) is 0.